The van der Waals surface area contributed by atoms with Crippen LogP contribution in [0.3, 0.4) is 0 Å². The van der Waals surface area contributed by atoms with Crippen LogP contribution in [-0.4, -0.2) is 34.9 Å². The van der Waals surface area contributed by atoms with Crippen LogP contribution >= 0.6 is 11.6 Å². The average molecular weight is 298 g/mol. The molecule has 0 aromatic heterocycles. The number of amides is 1. The van der Waals surface area contributed by atoms with Gasteiger partial charge < -0.3 is 15.5 Å². The Morgan fingerprint density at radius 2 is 2.05 bits per heavy atom. The Morgan fingerprint density at radius 3 is 2.50 bits per heavy atom. The summed E-state index contributed by atoms with van der Waals surface area (Å²) in [7, 11) is 0. The number of hydrogen-bond donors (Lipinski definition) is 3. The Labute approximate surface area is 123 Å². The lowest BCUT2D eigenvalue weighted by molar-refractivity contribution is -0.133. The highest BCUT2D eigenvalue weighted by Gasteiger charge is 2.47. The number of rotatable bonds is 5. The van der Waals surface area contributed by atoms with Crippen LogP contribution in [0.2, 0.25) is 5.02 Å². The van der Waals surface area contributed by atoms with Crippen molar-refractivity contribution < 1.29 is 15.0 Å². The Balaban J connectivity index is 2.25. The molecule has 20 heavy (non-hydrogen) atoms. The van der Waals surface area contributed by atoms with Crippen LogP contribution in [0.4, 0.5) is 0 Å². The lowest BCUT2D eigenvalue weighted by atomic mass is 9.63. The topological polar surface area (TPSA) is 69.6 Å². The zero-order valence-corrected chi connectivity index (χ0v) is 12.3. The van der Waals surface area contributed by atoms with E-state index in [1.165, 1.54) is 0 Å². The third kappa shape index (κ3) is 2.68. The Bertz CT molecular complexity index is 496. The number of benzene rings is 1. The zero-order chi connectivity index (χ0) is 14.8. The van der Waals surface area contributed by atoms with Gasteiger partial charge in [-0.2, -0.15) is 0 Å². The van der Waals surface area contributed by atoms with Gasteiger partial charge in [0.1, 0.15) is 0 Å². The van der Waals surface area contributed by atoms with E-state index in [9.17, 15) is 15.0 Å². The van der Waals surface area contributed by atoms with E-state index in [0.717, 1.165) is 24.8 Å². The maximum atomic E-state index is 12.6. The third-order valence-corrected chi connectivity index (χ3v) is 4.37. The summed E-state index contributed by atoms with van der Waals surface area (Å²) in [5.41, 5.74) is -0.693. The minimum Gasteiger partial charge on any atom is -0.394 e. The first-order chi connectivity index (χ1) is 9.46. The molecule has 1 saturated carbocycles. The predicted molar refractivity (Wildman–Crippen MR) is 77.7 cm³/mol. The van der Waals surface area contributed by atoms with E-state index in [4.69, 9.17) is 11.6 Å². The summed E-state index contributed by atoms with van der Waals surface area (Å²) < 4.78 is 0. The molecule has 5 heteroatoms. The molecule has 2 rings (SSSR count). The van der Waals surface area contributed by atoms with Gasteiger partial charge >= 0.3 is 0 Å². The lowest BCUT2D eigenvalue weighted by Crippen LogP contribution is -2.59. The molecule has 0 atom stereocenters. The summed E-state index contributed by atoms with van der Waals surface area (Å²) in [5.74, 6) is -0.156. The van der Waals surface area contributed by atoms with Gasteiger partial charge in [-0.1, -0.05) is 30.2 Å². The molecule has 110 valence electrons. The van der Waals surface area contributed by atoms with Gasteiger partial charge in [-0.3, -0.25) is 4.79 Å². The van der Waals surface area contributed by atoms with Gasteiger partial charge in [-0.25, -0.2) is 0 Å². The number of halogens is 1. The number of carbonyl (C=O) groups is 1. The number of carbonyl (C=O) groups excluding carboxylic acids is 1. The first-order valence-corrected chi connectivity index (χ1v) is 7.14. The van der Waals surface area contributed by atoms with Crippen molar-refractivity contribution in [2.75, 3.05) is 13.2 Å². The third-order valence-electron chi connectivity index (χ3n) is 4.13. The smallest absolute Gasteiger partial charge is 0.231 e. The molecule has 3 N–H and O–H groups in total. The molecule has 0 saturated heterocycles. The van der Waals surface area contributed by atoms with Crippen LogP contribution in [0.25, 0.3) is 0 Å². The van der Waals surface area contributed by atoms with Crippen molar-refractivity contribution in [3.8, 4) is 0 Å². The van der Waals surface area contributed by atoms with Gasteiger partial charge in [-0.05, 0) is 37.5 Å². The van der Waals surface area contributed by atoms with E-state index in [2.05, 4.69) is 5.32 Å². The van der Waals surface area contributed by atoms with E-state index in [1.54, 1.807) is 13.0 Å². The summed E-state index contributed by atoms with van der Waals surface area (Å²) >= 11 is 6.01. The summed E-state index contributed by atoms with van der Waals surface area (Å²) in [4.78, 5) is 12.6. The Hall–Kier alpha value is -1.10. The van der Waals surface area contributed by atoms with Crippen molar-refractivity contribution in [3.63, 3.8) is 0 Å². The van der Waals surface area contributed by atoms with Crippen LogP contribution in [-0.2, 0) is 10.2 Å². The molecule has 0 aliphatic heterocycles. The van der Waals surface area contributed by atoms with E-state index in [1.807, 2.05) is 18.2 Å². The monoisotopic (exact) mass is 297 g/mol. The van der Waals surface area contributed by atoms with Gasteiger partial charge in [0, 0.05) is 5.02 Å². The molecule has 1 aromatic rings. The fraction of sp³-hybridized carbons (Fsp3) is 0.533. The van der Waals surface area contributed by atoms with Crippen LogP contribution in [0.1, 0.15) is 31.7 Å². The van der Waals surface area contributed by atoms with Crippen molar-refractivity contribution in [1.29, 1.82) is 0 Å². The van der Waals surface area contributed by atoms with E-state index in [-0.39, 0.29) is 19.1 Å². The molecule has 1 fully saturated rings. The molecular weight excluding hydrogens is 278 g/mol. The fourth-order valence-corrected chi connectivity index (χ4v) is 2.68. The highest BCUT2D eigenvalue weighted by atomic mass is 35.5. The molecule has 0 radical (unpaired) electrons. The van der Waals surface area contributed by atoms with Crippen molar-refractivity contribution in [1.82, 2.24) is 5.32 Å². The first-order valence-electron chi connectivity index (χ1n) is 6.76. The second-order valence-electron chi connectivity index (χ2n) is 5.78. The molecule has 1 aliphatic rings. The molecule has 1 amide bonds. The number of aliphatic hydroxyl groups is 2. The van der Waals surface area contributed by atoms with Crippen molar-refractivity contribution in [3.05, 3.63) is 34.9 Å². The molecule has 4 nitrogen and oxygen atoms in total. The molecular formula is C15H20ClNO3. The molecule has 0 heterocycles. The van der Waals surface area contributed by atoms with Crippen LogP contribution in [0, 0.1) is 0 Å². The lowest BCUT2D eigenvalue weighted by Gasteiger charge is -2.43. The minimum atomic E-state index is -1.00. The van der Waals surface area contributed by atoms with E-state index < -0.39 is 11.0 Å². The molecule has 0 unspecified atom stereocenters. The molecule has 1 aromatic carbocycles. The van der Waals surface area contributed by atoms with Gasteiger partial charge in [0.2, 0.25) is 5.91 Å². The number of aliphatic hydroxyl groups excluding tert-OH is 2. The van der Waals surface area contributed by atoms with Gasteiger partial charge in [-0.15, -0.1) is 0 Å². The quantitative estimate of drug-likeness (QED) is 0.773. The minimum absolute atomic E-state index is 0.156. The molecule has 1 aliphatic carbocycles. The number of hydrogen-bond acceptors (Lipinski definition) is 3. The Morgan fingerprint density at radius 1 is 1.40 bits per heavy atom. The average Bonchev–Trinajstić information content (AvgIpc) is 2.37. The maximum Gasteiger partial charge on any atom is 0.231 e. The summed E-state index contributed by atoms with van der Waals surface area (Å²) in [6.45, 7) is 1.01. The number of nitrogens with one attached hydrogen (secondary N) is 1. The summed E-state index contributed by atoms with van der Waals surface area (Å²) in [5, 5.41) is 22.0. The predicted octanol–water partition coefficient (Wildman–Crippen LogP) is 1.62. The van der Waals surface area contributed by atoms with Crippen LogP contribution in [0.15, 0.2) is 24.3 Å². The molecule has 0 bridgehead atoms. The summed E-state index contributed by atoms with van der Waals surface area (Å²) in [6.07, 6.45) is 2.49. The van der Waals surface area contributed by atoms with Crippen LogP contribution in [0.5, 0.6) is 0 Å². The van der Waals surface area contributed by atoms with Crippen LogP contribution < -0.4 is 5.32 Å². The largest absolute Gasteiger partial charge is 0.394 e. The summed E-state index contributed by atoms with van der Waals surface area (Å²) in [6, 6.07) is 7.33. The van der Waals surface area contributed by atoms with Gasteiger partial charge in [0.05, 0.1) is 24.2 Å². The van der Waals surface area contributed by atoms with Crippen molar-refractivity contribution in [2.24, 2.45) is 0 Å². The second kappa shape index (κ2) is 5.72. The standard InChI is InChI=1S/C15H20ClNO3/c1-14(9-18,10-19)17-13(20)15(6-3-7-15)11-4-2-5-12(16)8-11/h2,4-5,8,18-19H,3,6-7,9-10H2,1H3,(H,17,20). The maximum absolute atomic E-state index is 12.6. The highest BCUT2D eigenvalue weighted by molar-refractivity contribution is 6.30. The van der Waals surface area contributed by atoms with E-state index >= 15 is 0 Å². The van der Waals surface area contributed by atoms with Gasteiger partial charge in [0.25, 0.3) is 0 Å². The van der Waals surface area contributed by atoms with Gasteiger partial charge in [0.15, 0.2) is 0 Å². The van der Waals surface area contributed by atoms with Crippen molar-refractivity contribution >= 4 is 17.5 Å². The highest BCUT2D eigenvalue weighted by Crippen LogP contribution is 2.44. The normalized spacial score (nSPS) is 17.4. The Kier molecular flexibility index (Phi) is 4.37. The SMILES string of the molecule is CC(CO)(CO)NC(=O)C1(c2cccc(Cl)c2)CCC1. The second-order valence-corrected chi connectivity index (χ2v) is 6.21. The fourth-order valence-electron chi connectivity index (χ4n) is 2.49. The molecule has 0 spiro atoms. The zero-order valence-electron chi connectivity index (χ0n) is 11.5. The van der Waals surface area contributed by atoms with Crippen molar-refractivity contribution in [2.45, 2.75) is 37.1 Å². The van der Waals surface area contributed by atoms with E-state index in [0.29, 0.717) is 5.02 Å². The first kappa shape index (κ1) is 15.3.